The molecule has 4 aromatic rings. The largest absolute Gasteiger partial charge is 0.451 e. The van der Waals surface area contributed by atoms with Crippen molar-refractivity contribution in [3.05, 3.63) is 105 Å². The number of nitrogens with one attached hydrogen (secondary N) is 1. The molecule has 3 heterocycles. The van der Waals surface area contributed by atoms with Crippen molar-refractivity contribution in [2.75, 3.05) is 49.6 Å². The predicted octanol–water partition coefficient (Wildman–Crippen LogP) is 4.63. The molecule has 2 saturated heterocycles. The molecule has 0 unspecified atom stereocenters. The number of hydrogen-bond acceptors (Lipinski definition) is 7. The van der Waals surface area contributed by atoms with Gasteiger partial charge in [0.1, 0.15) is 11.6 Å². The van der Waals surface area contributed by atoms with E-state index >= 15 is 0 Å². The second kappa shape index (κ2) is 15.2. The summed E-state index contributed by atoms with van der Waals surface area (Å²) in [6, 6.07) is 20.0. The number of carbonyl (C=O) groups excluding carboxylic acids is 4. The molecule has 50 heavy (non-hydrogen) atoms. The number of rotatable bonds is 9. The van der Waals surface area contributed by atoms with Crippen LogP contribution in [-0.4, -0.2) is 79.2 Å². The van der Waals surface area contributed by atoms with Crippen LogP contribution in [0.4, 0.5) is 11.4 Å². The molecule has 4 amide bonds. The topological polar surface area (TPSA) is 123 Å². The maximum Gasteiger partial charge on any atom is 0.287 e. The van der Waals surface area contributed by atoms with Crippen molar-refractivity contribution in [3.63, 3.8) is 0 Å². The number of piperidine rings is 1. The van der Waals surface area contributed by atoms with Gasteiger partial charge in [-0.3, -0.25) is 24.0 Å². The lowest BCUT2D eigenvalue weighted by Crippen LogP contribution is -2.55. The van der Waals surface area contributed by atoms with Crippen LogP contribution in [-0.2, 0) is 27.3 Å². The maximum atomic E-state index is 14.1. The molecule has 3 aromatic carbocycles. The maximum absolute atomic E-state index is 14.1. The summed E-state index contributed by atoms with van der Waals surface area (Å²) < 4.78 is 5.84. The van der Waals surface area contributed by atoms with Gasteiger partial charge in [0.2, 0.25) is 17.7 Å². The third kappa shape index (κ3) is 7.83. The number of likely N-dealkylation sites (tertiary alicyclic amines) is 1. The van der Waals surface area contributed by atoms with Gasteiger partial charge < -0.3 is 29.3 Å². The van der Waals surface area contributed by atoms with E-state index in [0.717, 1.165) is 42.3 Å². The molecule has 260 valence electrons. The van der Waals surface area contributed by atoms with Crippen molar-refractivity contribution in [3.8, 4) is 0 Å². The van der Waals surface area contributed by atoms with E-state index < -0.39 is 17.4 Å². The number of para-hydroxylation sites is 1. The normalized spacial score (nSPS) is 15.6. The molecule has 6 rings (SSSR count). The summed E-state index contributed by atoms with van der Waals surface area (Å²) in [7, 11) is 1.60. The van der Waals surface area contributed by atoms with Gasteiger partial charge in [-0.25, -0.2) is 0 Å². The Hall–Kier alpha value is -5.16. The van der Waals surface area contributed by atoms with E-state index in [0.29, 0.717) is 49.9 Å². The van der Waals surface area contributed by atoms with Crippen LogP contribution in [0.2, 0.25) is 5.02 Å². The van der Waals surface area contributed by atoms with Crippen LogP contribution in [0.3, 0.4) is 0 Å². The minimum Gasteiger partial charge on any atom is -0.451 e. The summed E-state index contributed by atoms with van der Waals surface area (Å²) in [6.45, 7) is 4.78. The van der Waals surface area contributed by atoms with Gasteiger partial charge in [-0.2, -0.15) is 0 Å². The molecule has 1 atom stereocenters. The molecule has 12 heteroatoms. The van der Waals surface area contributed by atoms with Crippen LogP contribution in [0.1, 0.15) is 47.9 Å². The number of hydrogen-bond donors (Lipinski definition) is 1. The van der Waals surface area contributed by atoms with Crippen molar-refractivity contribution in [2.45, 2.75) is 45.2 Å². The molecule has 2 aliphatic heterocycles. The second-order valence-electron chi connectivity index (χ2n) is 12.8. The number of anilines is 2. The number of benzene rings is 3. The van der Waals surface area contributed by atoms with Crippen molar-refractivity contribution < 1.29 is 23.6 Å². The fourth-order valence-electron chi connectivity index (χ4n) is 6.51. The van der Waals surface area contributed by atoms with Crippen LogP contribution < -0.4 is 20.5 Å². The van der Waals surface area contributed by atoms with Gasteiger partial charge in [-0.1, -0.05) is 41.9 Å². The highest BCUT2D eigenvalue weighted by atomic mass is 35.5. The molecule has 0 aliphatic carbocycles. The van der Waals surface area contributed by atoms with Crippen LogP contribution in [0.15, 0.2) is 82.0 Å². The van der Waals surface area contributed by atoms with Crippen LogP contribution >= 0.6 is 11.6 Å². The zero-order chi connectivity index (χ0) is 35.4. The Kier molecular flexibility index (Phi) is 10.5. The first-order valence-electron chi connectivity index (χ1n) is 16.8. The highest BCUT2D eigenvalue weighted by Gasteiger charge is 2.31. The summed E-state index contributed by atoms with van der Waals surface area (Å²) >= 11 is 6.11. The Bertz CT molecular complexity index is 1970. The van der Waals surface area contributed by atoms with Gasteiger partial charge in [-0.15, -0.1) is 0 Å². The molecule has 2 aliphatic rings. The molecular formula is C38H40ClN5O6. The number of amides is 4. The van der Waals surface area contributed by atoms with E-state index in [2.05, 4.69) is 22.3 Å². The summed E-state index contributed by atoms with van der Waals surface area (Å²) in [5.74, 6) is -1.18. The minimum absolute atomic E-state index is 0.185. The highest BCUT2D eigenvalue weighted by molar-refractivity contribution is 6.30. The third-order valence-electron chi connectivity index (χ3n) is 9.46. The SMILES string of the molecule is CC(=O)N(C)c1ccc2oc(C(=O)N[C@H](Cc3ccc(Cl)cc3)C(=O)N3CCN(c4ccccc4CN4CCCCC4=O)CC3)cc(=O)c2c1. The lowest BCUT2D eigenvalue weighted by molar-refractivity contribution is -0.134. The Morgan fingerprint density at radius 2 is 1.66 bits per heavy atom. The Morgan fingerprint density at radius 3 is 2.38 bits per heavy atom. The van der Waals surface area contributed by atoms with Gasteiger partial charge in [0.25, 0.3) is 5.91 Å². The molecule has 2 fully saturated rings. The van der Waals surface area contributed by atoms with Crippen molar-refractivity contribution in [1.82, 2.24) is 15.1 Å². The second-order valence-corrected chi connectivity index (χ2v) is 13.2. The first kappa shape index (κ1) is 34.7. The summed E-state index contributed by atoms with van der Waals surface area (Å²) in [4.78, 5) is 72.4. The van der Waals surface area contributed by atoms with Crippen molar-refractivity contribution in [2.24, 2.45) is 0 Å². The van der Waals surface area contributed by atoms with E-state index in [-0.39, 0.29) is 40.9 Å². The standard InChI is InChI=1S/C38H40ClN5O6/c1-25(45)41(2)29-14-15-34-30(22-29)33(46)23-35(50-34)37(48)40-31(21-26-10-12-28(39)13-11-26)38(49)43-19-17-42(18-20-43)32-8-4-3-7-27(32)24-44-16-6-5-9-36(44)47/h3-4,7-8,10-15,22-23,31H,5-6,9,16-21,24H2,1-2H3,(H,40,48)/t31-/m1/s1. The molecule has 1 N–H and O–H groups in total. The average Bonchev–Trinajstić information content (AvgIpc) is 3.12. The molecule has 0 bridgehead atoms. The summed E-state index contributed by atoms with van der Waals surface area (Å²) in [5.41, 5.74) is 3.19. The fourth-order valence-corrected chi connectivity index (χ4v) is 6.63. The zero-order valence-corrected chi connectivity index (χ0v) is 28.9. The predicted molar refractivity (Wildman–Crippen MR) is 192 cm³/mol. The van der Waals surface area contributed by atoms with E-state index in [1.54, 1.807) is 42.3 Å². The molecular weight excluding hydrogens is 658 g/mol. The van der Waals surface area contributed by atoms with Gasteiger partial charge in [-0.05, 0) is 60.4 Å². The van der Waals surface area contributed by atoms with Crippen LogP contribution in [0.5, 0.6) is 0 Å². The fraction of sp³-hybridized carbons (Fsp3) is 0.342. The number of fused-ring (bicyclic) bond motifs is 1. The molecule has 0 radical (unpaired) electrons. The van der Waals surface area contributed by atoms with E-state index in [9.17, 15) is 24.0 Å². The van der Waals surface area contributed by atoms with Crippen molar-refractivity contribution >= 4 is 57.6 Å². The van der Waals surface area contributed by atoms with Gasteiger partial charge in [0, 0.05) is 88.5 Å². The monoisotopic (exact) mass is 697 g/mol. The number of carbonyl (C=O) groups is 4. The quantitative estimate of drug-likeness (QED) is 0.271. The number of nitrogens with zero attached hydrogens (tertiary/aromatic N) is 4. The smallest absolute Gasteiger partial charge is 0.287 e. The van der Waals surface area contributed by atoms with Crippen molar-refractivity contribution in [1.29, 1.82) is 0 Å². The number of halogens is 1. The molecule has 0 saturated carbocycles. The minimum atomic E-state index is -0.944. The zero-order valence-electron chi connectivity index (χ0n) is 28.2. The molecule has 0 spiro atoms. The van der Waals surface area contributed by atoms with Crippen LogP contribution in [0.25, 0.3) is 11.0 Å². The Morgan fingerprint density at radius 1 is 0.920 bits per heavy atom. The number of piperazine rings is 1. The Labute approximate surface area is 295 Å². The average molecular weight is 698 g/mol. The third-order valence-corrected chi connectivity index (χ3v) is 9.71. The van der Waals surface area contributed by atoms with Crippen LogP contribution in [0, 0.1) is 0 Å². The van der Waals surface area contributed by atoms with Gasteiger partial charge in [0.05, 0.1) is 5.39 Å². The van der Waals surface area contributed by atoms with E-state index in [4.69, 9.17) is 16.0 Å². The highest BCUT2D eigenvalue weighted by Crippen LogP contribution is 2.26. The molecule has 1 aromatic heterocycles. The van der Waals surface area contributed by atoms with Gasteiger partial charge >= 0.3 is 0 Å². The summed E-state index contributed by atoms with van der Waals surface area (Å²) in [6.07, 6.45) is 2.74. The van der Waals surface area contributed by atoms with E-state index in [1.165, 1.54) is 11.8 Å². The van der Waals surface area contributed by atoms with Gasteiger partial charge in [0.15, 0.2) is 11.2 Å². The molecule has 11 nitrogen and oxygen atoms in total. The lowest BCUT2D eigenvalue weighted by Gasteiger charge is -2.39. The Balaban J connectivity index is 1.18. The summed E-state index contributed by atoms with van der Waals surface area (Å²) in [5, 5.41) is 3.61. The first-order chi connectivity index (χ1) is 24.1. The first-order valence-corrected chi connectivity index (χ1v) is 17.2. The lowest BCUT2D eigenvalue weighted by atomic mass is 10.0. The van der Waals surface area contributed by atoms with E-state index in [1.807, 2.05) is 29.2 Å².